The fourth-order valence-corrected chi connectivity index (χ4v) is 2.73. The summed E-state index contributed by atoms with van der Waals surface area (Å²) in [5, 5.41) is 0. The van der Waals surface area contributed by atoms with Crippen LogP contribution in [0.4, 0.5) is 5.69 Å². The van der Waals surface area contributed by atoms with E-state index in [1.165, 1.54) is 6.07 Å². The second-order valence-corrected chi connectivity index (χ2v) is 5.88. The Morgan fingerprint density at radius 2 is 2.00 bits per heavy atom. The van der Waals surface area contributed by atoms with E-state index in [0.29, 0.717) is 11.3 Å². The third-order valence-corrected chi connectivity index (χ3v) is 3.87. The van der Waals surface area contributed by atoms with Crippen molar-refractivity contribution in [2.45, 2.75) is 6.92 Å². The molecule has 1 rings (SSSR count). The summed E-state index contributed by atoms with van der Waals surface area (Å²) in [6.07, 6.45) is 0. The summed E-state index contributed by atoms with van der Waals surface area (Å²) in [4.78, 5) is 0. The first kappa shape index (κ1) is 9.39. The molecule has 0 aliphatic rings. The van der Waals surface area contributed by atoms with Crippen molar-refractivity contribution in [2.24, 2.45) is 0 Å². The Morgan fingerprint density at radius 1 is 1.42 bits per heavy atom. The van der Waals surface area contributed by atoms with E-state index >= 15 is 0 Å². The quantitative estimate of drug-likeness (QED) is 0.433. The molecule has 0 heterocycles. The van der Waals surface area contributed by atoms with Crippen LogP contribution in [0.2, 0.25) is 0 Å². The van der Waals surface area contributed by atoms with E-state index in [1.807, 2.05) is 0 Å². The average molecular weight is 231 g/mol. The molecule has 0 fully saturated rings. The zero-order valence-corrected chi connectivity index (χ0v) is 8.44. The van der Waals surface area contributed by atoms with Crippen LogP contribution in [0.3, 0.4) is 0 Å². The van der Waals surface area contributed by atoms with E-state index in [0.717, 1.165) is 0 Å². The molecule has 0 bridgehead atoms. The Kier molecular flexibility index (Phi) is 2.33. The van der Waals surface area contributed by atoms with Gasteiger partial charge in [-0.05, 0) is 0 Å². The molecule has 0 spiro atoms. The molecule has 66 valence electrons. The number of hydrogen-bond acceptors (Lipinski definition) is 2. The predicted octanol–water partition coefficient (Wildman–Crippen LogP) is -0.862. The molecule has 0 radical (unpaired) electrons. The van der Waals surface area contributed by atoms with Crippen LogP contribution in [0, 0.1) is 6.92 Å². The summed E-state index contributed by atoms with van der Waals surface area (Å²) in [6, 6.07) is 4.55. The molecule has 0 aliphatic heterocycles. The molecule has 0 atom stereocenters. The van der Waals surface area contributed by atoms with Gasteiger partial charge in [-0.25, -0.2) is 0 Å². The van der Waals surface area contributed by atoms with Crippen LogP contribution in [0.1, 0.15) is 5.56 Å². The minimum atomic E-state index is -4.77. The number of anilines is 1. The normalized spacial score (nSPS) is 11.6. The minimum absolute atomic E-state index is 0.0631. The van der Waals surface area contributed by atoms with Crippen LogP contribution in [-0.4, -0.2) is 22.4 Å². The first-order valence-corrected chi connectivity index (χ1v) is 6.72. The van der Waals surface area contributed by atoms with Crippen molar-refractivity contribution in [3.05, 3.63) is 23.8 Å². The van der Waals surface area contributed by atoms with Crippen molar-refractivity contribution in [1.29, 1.82) is 0 Å². The standard InChI is InChI=1S/C7H10AsNO3/c1-5-2-3-6(9)4-7(5)8(10,11)12/h2-4H,9H2,1H3,(H2,10,11,12). The van der Waals surface area contributed by atoms with Crippen molar-refractivity contribution >= 4 is 24.2 Å². The van der Waals surface area contributed by atoms with Gasteiger partial charge in [-0.15, -0.1) is 0 Å². The van der Waals surface area contributed by atoms with Gasteiger partial charge in [-0.3, -0.25) is 0 Å². The van der Waals surface area contributed by atoms with Gasteiger partial charge < -0.3 is 0 Å². The maximum atomic E-state index is 10.9. The van der Waals surface area contributed by atoms with Crippen LogP contribution >= 0.6 is 0 Å². The second-order valence-electron chi connectivity index (χ2n) is 2.59. The Bertz CT molecular complexity index is 345. The SMILES string of the molecule is Cc1ccc(N)cc1[As](=O)(O)O. The Balaban J connectivity index is 3.33. The molecule has 0 saturated carbocycles. The summed E-state index contributed by atoms with van der Waals surface area (Å²) in [7, 11) is 0. The molecular weight excluding hydrogens is 221 g/mol. The van der Waals surface area contributed by atoms with Crippen molar-refractivity contribution in [3.8, 4) is 0 Å². The van der Waals surface area contributed by atoms with E-state index in [9.17, 15) is 3.74 Å². The maximum absolute atomic E-state index is 10.9. The summed E-state index contributed by atoms with van der Waals surface area (Å²) in [5.74, 6) is 0. The Labute approximate surface area is 73.0 Å². The van der Waals surface area contributed by atoms with Crippen molar-refractivity contribution < 1.29 is 11.9 Å². The van der Waals surface area contributed by atoms with Crippen LogP contribution in [0.15, 0.2) is 18.2 Å². The summed E-state index contributed by atoms with van der Waals surface area (Å²) >= 11 is -4.77. The fourth-order valence-electron chi connectivity index (χ4n) is 0.940. The number of benzene rings is 1. The third kappa shape index (κ3) is 1.91. The molecule has 5 heteroatoms. The molecule has 4 N–H and O–H groups in total. The van der Waals surface area contributed by atoms with Gasteiger partial charge in [0, 0.05) is 0 Å². The van der Waals surface area contributed by atoms with E-state index in [4.69, 9.17) is 13.9 Å². The molecule has 0 aromatic heterocycles. The summed E-state index contributed by atoms with van der Waals surface area (Å²) in [6.45, 7) is 1.65. The third-order valence-electron chi connectivity index (χ3n) is 1.55. The van der Waals surface area contributed by atoms with Gasteiger partial charge in [0.1, 0.15) is 0 Å². The van der Waals surface area contributed by atoms with E-state index in [1.54, 1.807) is 19.1 Å². The average Bonchev–Trinajstić information content (AvgIpc) is 1.92. The van der Waals surface area contributed by atoms with E-state index in [2.05, 4.69) is 0 Å². The Morgan fingerprint density at radius 3 is 2.42 bits per heavy atom. The van der Waals surface area contributed by atoms with Crippen molar-refractivity contribution in [3.63, 3.8) is 0 Å². The van der Waals surface area contributed by atoms with Gasteiger partial charge in [0.05, 0.1) is 0 Å². The van der Waals surface area contributed by atoms with Gasteiger partial charge in [-0.2, -0.15) is 0 Å². The number of rotatable bonds is 1. The number of nitrogen functional groups attached to an aromatic ring is 1. The molecule has 0 unspecified atom stereocenters. The van der Waals surface area contributed by atoms with Gasteiger partial charge in [0.2, 0.25) is 0 Å². The van der Waals surface area contributed by atoms with Gasteiger partial charge >= 0.3 is 72.6 Å². The molecule has 0 amide bonds. The van der Waals surface area contributed by atoms with Crippen molar-refractivity contribution in [1.82, 2.24) is 0 Å². The zero-order valence-electron chi connectivity index (χ0n) is 6.56. The van der Waals surface area contributed by atoms with E-state index in [-0.39, 0.29) is 4.35 Å². The van der Waals surface area contributed by atoms with Gasteiger partial charge in [0.25, 0.3) is 0 Å². The molecule has 1 aromatic carbocycles. The number of nitrogens with two attached hydrogens (primary N) is 1. The molecule has 4 nitrogen and oxygen atoms in total. The number of hydrogen-bond donors (Lipinski definition) is 3. The first-order chi connectivity index (χ1) is 5.41. The number of aryl methyl sites for hydroxylation is 1. The fraction of sp³-hybridized carbons (Fsp3) is 0.143. The predicted molar refractivity (Wildman–Crippen MR) is 46.1 cm³/mol. The van der Waals surface area contributed by atoms with E-state index < -0.39 is 14.2 Å². The van der Waals surface area contributed by atoms with Gasteiger partial charge in [-0.1, -0.05) is 0 Å². The molecule has 0 saturated heterocycles. The second kappa shape index (κ2) is 2.98. The van der Waals surface area contributed by atoms with Crippen LogP contribution in [0.25, 0.3) is 0 Å². The van der Waals surface area contributed by atoms with Crippen LogP contribution in [0.5, 0.6) is 0 Å². The topological polar surface area (TPSA) is 83.6 Å². The Hall–Kier alpha value is -0.702. The monoisotopic (exact) mass is 231 g/mol. The van der Waals surface area contributed by atoms with Crippen molar-refractivity contribution in [2.75, 3.05) is 5.73 Å². The summed E-state index contributed by atoms with van der Waals surface area (Å²) < 4.78 is 28.8. The van der Waals surface area contributed by atoms with Gasteiger partial charge in [0.15, 0.2) is 0 Å². The molecule has 1 aromatic rings. The molecular formula is C7H10AsNO3. The summed E-state index contributed by atoms with van der Waals surface area (Å²) in [5.41, 5.74) is 6.35. The van der Waals surface area contributed by atoms with Crippen LogP contribution < -0.4 is 10.1 Å². The molecule has 12 heavy (non-hydrogen) atoms. The molecule has 0 aliphatic carbocycles. The van der Waals surface area contributed by atoms with Crippen LogP contribution in [-0.2, 0) is 3.74 Å². The zero-order chi connectivity index (χ0) is 9.35. The first-order valence-electron chi connectivity index (χ1n) is 3.33.